The highest BCUT2D eigenvalue weighted by Gasteiger charge is 2.10. The molecule has 0 radical (unpaired) electrons. The maximum absolute atomic E-state index is 11.4. The van der Waals surface area contributed by atoms with E-state index >= 15 is 0 Å². The molecule has 76 valence electrons. The van der Waals surface area contributed by atoms with Gasteiger partial charge in [-0.15, -0.1) is 0 Å². The zero-order chi connectivity index (χ0) is 10.6. The van der Waals surface area contributed by atoms with Gasteiger partial charge in [0.1, 0.15) is 0 Å². The quantitative estimate of drug-likeness (QED) is 0.869. The fourth-order valence-corrected chi connectivity index (χ4v) is 1.34. The van der Waals surface area contributed by atoms with E-state index in [-0.39, 0.29) is 11.8 Å². The molecule has 1 atom stereocenters. The van der Waals surface area contributed by atoms with E-state index in [2.05, 4.69) is 21.2 Å². The van der Waals surface area contributed by atoms with Crippen LogP contribution in [-0.2, 0) is 4.79 Å². The van der Waals surface area contributed by atoms with Crippen LogP contribution in [0.4, 0.5) is 5.69 Å². The third-order valence-electron chi connectivity index (χ3n) is 1.89. The number of nitrogens with one attached hydrogen (secondary N) is 1. The maximum Gasteiger partial charge on any atom is 0.228 e. The van der Waals surface area contributed by atoms with Gasteiger partial charge in [-0.2, -0.15) is 0 Å². The molecule has 0 saturated carbocycles. The molecule has 0 aliphatic rings. The van der Waals surface area contributed by atoms with Gasteiger partial charge in [-0.1, -0.05) is 28.9 Å². The van der Waals surface area contributed by atoms with E-state index in [1.807, 2.05) is 24.3 Å². The fraction of sp³-hybridized carbons (Fsp3) is 0.300. The Kier molecular flexibility index (Phi) is 4.10. The number of carbonyl (C=O) groups is 1. The summed E-state index contributed by atoms with van der Waals surface area (Å²) in [7, 11) is 0. The Labute approximate surface area is 91.8 Å². The minimum atomic E-state index is -0.158. The molecule has 0 bridgehead atoms. The van der Waals surface area contributed by atoms with Gasteiger partial charge >= 0.3 is 0 Å². The first-order valence-corrected chi connectivity index (χ1v) is 5.19. The van der Waals surface area contributed by atoms with Gasteiger partial charge in [0.15, 0.2) is 0 Å². The Bertz CT molecular complexity index is 328. The number of rotatable bonds is 3. The topological polar surface area (TPSA) is 55.1 Å². The van der Waals surface area contributed by atoms with Crippen LogP contribution in [0.5, 0.6) is 0 Å². The molecule has 0 spiro atoms. The van der Waals surface area contributed by atoms with Crippen LogP contribution in [-0.4, -0.2) is 12.5 Å². The Morgan fingerprint density at radius 2 is 2.36 bits per heavy atom. The predicted octanol–water partition coefficient (Wildman–Crippen LogP) is 1.98. The number of hydrogen-bond donors (Lipinski definition) is 2. The zero-order valence-corrected chi connectivity index (χ0v) is 9.54. The fourth-order valence-electron chi connectivity index (χ4n) is 0.939. The Morgan fingerprint density at radius 1 is 1.64 bits per heavy atom. The second kappa shape index (κ2) is 5.12. The minimum absolute atomic E-state index is 0.0504. The van der Waals surface area contributed by atoms with Crippen molar-refractivity contribution >= 4 is 27.5 Å². The second-order valence-electron chi connectivity index (χ2n) is 3.14. The number of nitrogens with two attached hydrogens (primary N) is 1. The molecule has 0 saturated heterocycles. The molecule has 4 heteroatoms. The lowest BCUT2D eigenvalue weighted by Crippen LogP contribution is -2.26. The summed E-state index contributed by atoms with van der Waals surface area (Å²) >= 11 is 3.33. The minimum Gasteiger partial charge on any atom is -0.330 e. The van der Waals surface area contributed by atoms with Gasteiger partial charge in [0.25, 0.3) is 0 Å². The normalized spacial score (nSPS) is 12.2. The lowest BCUT2D eigenvalue weighted by Gasteiger charge is -2.09. The highest BCUT2D eigenvalue weighted by atomic mass is 79.9. The van der Waals surface area contributed by atoms with Crippen molar-refractivity contribution in [3.8, 4) is 0 Å². The number of hydrogen-bond acceptors (Lipinski definition) is 2. The zero-order valence-electron chi connectivity index (χ0n) is 7.96. The summed E-state index contributed by atoms with van der Waals surface area (Å²) in [5, 5.41) is 2.78. The van der Waals surface area contributed by atoms with E-state index in [1.54, 1.807) is 6.92 Å². The molecule has 1 rings (SSSR count). The summed E-state index contributed by atoms with van der Waals surface area (Å²) in [6.07, 6.45) is 0. The van der Waals surface area contributed by atoms with Crippen molar-refractivity contribution in [3.63, 3.8) is 0 Å². The molecular formula is C10H13BrN2O. The predicted molar refractivity (Wildman–Crippen MR) is 61.0 cm³/mol. The van der Waals surface area contributed by atoms with E-state index in [0.29, 0.717) is 6.54 Å². The van der Waals surface area contributed by atoms with Crippen molar-refractivity contribution in [1.82, 2.24) is 0 Å². The third-order valence-corrected chi connectivity index (χ3v) is 2.39. The van der Waals surface area contributed by atoms with Crippen molar-refractivity contribution < 1.29 is 4.79 Å². The molecule has 0 aliphatic heterocycles. The average molecular weight is 257 g/mol. The van der Waals surface area contributed by atoms with Crippen LogP contribution >= 0.6 is 15.9 Å². The van der Waals surface area contributed by atoms with Crippen molar-refractivity contribution in [2.45, 2.75) is 6.92 Å². The van der Waals surface area contributed by atoms with Crippen LogP contribution < -0.4 is 11.1 Å². The number of benzene rings is 1. The first-order valence-electron chi connectivity index (χ1n) is 4.40. The smallest absolute Gasteiger partial charge is 0.228 e. The first-order chi connectivity index (χ1) is 6.63. The molecule has 14 heavy (non-hydrogen) atoms. The number of amides is 1. The molecule has 0 aliphatic carbocycles. The molecular weight excluding hydrogens is 244 g/mol. The van der Waals surface area contributed by atoms with Crippen LogP contribution in [0.15, 0.2) is 28.7 Å². The van der Waals surface area contributed by atoms with E-state index in [1.165, 1.54) is 0 Å². The molecule has 1 aromatic rings. The third kappa shape index (κ3) is 3.12. The Balaban J connectivity index is 2.65. The molecule has 1 aromatic carbocycles. The molecule has 3 N–H and O–H groups in total. The van der Waals surface area contributed by atoms with Gasteiger partial charge in [0, 0.05) is 22.6 Å². The van der Waals surface area contributed by atoms with Crippen LogP contribution in [0.25, 0.3) is 0 Å². The molecule has 3 nitrogen and oxygen atoms in total. The Morgan fingerprint density at radius 3 is 2.93 bits per heavy atom. The maximum atomic E-state index is 11.4. The molecule has 0 heterocycles. The molecule has 1 amide bonds. The van der Waals surface area contributed by atoms with Gasteiger partial charge in [-0.05, 0) is 18.2 Å². The van der Waals surface area contributed by atoms with Gasteiger partial charge < -0.3 is 11.1 Å². The lowest BCUT2D eigenvalue weighted by atomic mass is 10.1. The largest absolute Gasteiger partial charge is 0.330 e. The molecule has 0 fully saturated rings. The summed E-state index contributed by atoms with van der Waals surface area (Å²) in [5.41, 5.74) is 6.17. The SMILES string of the molecule is CC(CN)C(=O)Nc1cccc(Br)c1. The monoisotopic (exact) mass is 256 g/mol. The van der Waals surface area contributed by atoms with E-state index in [9.17, 15) is 4.79 Å². The Hall–Kier alpha value is -0.870. The van der Waals surface area contributed by atoms with Crippen molar-refractivity contribution in [3.05, 3.63) is 28.7 Å². The van der Waals surface area contributed by atoms with Crippen molar-refractivity contribution in [1.29, 1.82) is 0 Å². The second-order valence-corrected chi connectivity index (χ2v) is 4.05. The highest BCUT2D eigenvalue weighted by molar-refractivity contribution is 9.10. The van der Waals surface area contributed by atoms with E-state index in [4.69, 9.17) is 5.73 Å². The van der Waals surface area contributed by atoms with Crippen molar-refractivity contribution in [2.75, 3.05) is 11.9 Å². The van der Waals surface area contributed by atoms with E-state index < -0.39 is 0 Å². The molecule has 0 aromatic heterocycles. The summed E-state index contributed by atoms with van der Waals surface area (Å²) < 4.78 is 0.940. The van der Waals surface area contributed by atoms with Crippen molar-refractivity contribution in [2.24, 2.45) is 11.7 Å². The average Bonchev–Trinajstić information content (AvgIpc) is 2.16. The van der Waals surface area contributed by atoms with Crippen LogP contribution in [0, 0.1) is 5.92 Å². The number of carbonyl (C=O) groups excluding carboxylic acids is 1. The van der Waals surface area contributed by atoms with E-state index in [0.717, 1.165) is 10.2 Å². The van der Waals surface area contributed by atoms with Gasteiger partial charge in [0.05, 0.1) is 0 Å². The molecule has 1 unspecified atom stereocenters. The summed E-state index contributed by atoms with van der Waals surface area (Å²) in [4.78, 5) is 11.4. The lowest BCUT2D eigenvalue weighted by molar-refractivity contribution is -0.119. The van der Waals surface area contributed by atoms with Crippen LogP contribution in [0.2, 0.25) is 0 Å². The van der Waals surface area contributed by atoms with Gasteiger partial charge in [-0.25, -0.2) is 0 Å². The first kappa shape index (κ1) is 11.2. The summed E-state index contributed by atoms with van der Waals surface area (Å²) in [5.74, 6) is -0.209. The number of anilines is 1. The standard InChI is InChI=1S/C10H13BrN2O/c1-7(6-12)10(14)13-9-4-2-3-8(11)5-9/h2-5,7H,6,12H2,1H3,(H,13,14). The summed E-state index contributed by atoms with van der Waals surface area (Å²) in [6, 6.07) is 7.46. The highest BCUT2D eigenvalue weighted by Crippen LogP contribution is 2.16. The summed E-state index contributed by atoms with van der Waals surface area (Å²) in [6.45, 7) is 2.16. The van der Waals surface area contributed by atoms with Gasteiger partial charge in [0.2, 0.25) is 5.91 Å². The van der Waals surface area contributed by atoms with Crippen LogP contribution in [0.1, 0.15) is 6.92 Å². The number of halogens is 1. The van der Waals surface area contributed by atoms with Crippen LogP contribution in [0.3, 0.4) is 0 Å². The van der Waals surface area contributed by atoms with Gasteiger partial charge in [-0.3, -0.25) is 4.79 Å².